The topological polar surface area (TPSA) is 72.9 Å². The van der Waals surface area contributed by atoms with Crippen LogP contribution in [0.4, 0.5) is 14.6 Å². The van der Waals surface area contributed by atoms with Crippen molar-refractivity contribution in [2.24, 2.45) is 0 Å². The number of benzene rings is 1. The highest BCUT2D eigenvalue weighted by atomic mass is 19.3. The van der Waals surface area contributed by atoms with Gasteiger partial charge in [-0.05, 0) is 36.8 Å². The number of aromatic nitrogens is 1. The number of morpholine rings is 1. The van der Waals surface area contributed by atoms with E-state index in [4.69, 9.17) is 9.47 Å². The summed E-state index contributed by atoms with van der Waals surface area (Å²) in [6.45, 7) is 2.23. The lowest BCUT2D eigenvalue weighted by Gasteiger charge is -2.29. The van der Waals surface area contributed by atoms with Crippen LogP contribution in [0.1, 0.15) is 18.1 Å². The van der Waals surface area contributed by atoms with E-state index in [2.05, 4.69) is 19.9 Å². The van der Waals surface area contributed by atoms with Gasteiger partial charge in [-0.25, -0.2) is 4.98 Å². The highest BCUT2D eigenvalue weighted by molar-refractivity contribution is 5.91. The first kappa shape index (κ1) is 22.5. The zero-order chi connectivity index (χ0) is 22.1. The van der Waals surface area contributed by atoms with Crippen LogP contribution in [-0.4, -0.2) is 50.4 Å². The van der Waals surface area contributed by atoms with Crippen LogP contribution in [0.3, 0.4) is 0 Å². The molecule has 3 rings (SSSR count). The zero-order valence-electron chi connectivity index (χ0n) is 17.2. The molecule has 1 aliphatic rings. The average molecular weight is 433 g/mol. The van der Waals surface area contributed by atoms with E-state index < -0.39 is 6.61 Å². The lowest BCUT2D eigenvalue weighted by Crippen LogP contribution is -2.37. The molecule has 1 amide bonds. The van der Waals surface area contributed by atoms with Crippen LogP contribution in [0.2, 0.25) is 0 Å². The molecule has 1 aromatic heterocycles. The largest absolute Gasteiger partial charge is 0.490 e. The van der Waals surface area contributed by atoms with E-state index in [0.29, 0.717) is 31.9 Å². The highest BCUT2D eigenvalue weighted by Gasteiger charge is 2.16. The molecule has 1 aliphatic heterocycles. The molecule has 0 bridgehead atoms. The average Bonchev–Trinajstić information content (AvgIpc) is 2.78. The third-order valence-electron chi connectivity index (χ3n) is 4.54. The van der Waals surface area contributed by atoms with E-state index in [-0.39, 0.29) is 17.4 Å². The number of nitrogens with one attached hydrogen (secondary N) is 1. The molecule has 7 nitrogen and oxygen atoms in total. The van der Waals surface area contributed by atoms with Gasteiger partial charge in [0.2, 0.25) is 5.91 Å². The van der Waals surface area contributed by atoms with Gasteiger partial charge in [0.25, 0.3) is 0 Å². The minimum absolute atomic E-state index is 0.0503. The first-order chi connectivity index (χ1) is 15.1. The monoisotopic (exact) mass is 433 g/mol. The Hall–Kier alpha value is -3.20. The van der Waals surface area contributed by atoms with Gasteiger partial charge in [0, 0.05) is 37.5 Å². The summed E-state index contributed by atoms with van der Waals surface area (Å²) in [5.74, 6) is 0.690. The molecule has 166 valence electrons. The Morgan fingerprint density at radius 1 is 1.29 bits per heavy atom. The lowest BCUT2D eigenvalue weighted by molar-refractivity contribution is -0.116. The van der Waals surface area contributed by atoms with Gasteiger partial charge in [0.15, 0.2) is 11.5 Å². The Kier molecular flexibility index (Phi) is 8.17. The van der Waals surface area contributed by atoms with Crippen molar-refractivity contribution in [1.82, 2.24) is 10.3 Å². The fraction of sp³-hybridized carbons (Fsp3) is 0.364. The Bertz CT molecular complexity index is 902. The molecule has 31 heavy (non-hydrogen) atoms. The Labute approximate surface area is 179 Å². The van der Waals surface area contributed by atoms with E-state index in [1.165, 1.54) is 12.1 Å². The van der Waals surface area contributed by atoms with Crippen molar-refractivity contribution in [3.8, 4) is 11.5 Å². The number of ether oxygens (including phenoxy) is 3. The summed E-state index contributed by atoms with van der Waals surface area (Å²) in [5.41, 5.74) is 1.54. The summed E-state index contributed by atoms with van der Waals surface area (Å²) in [7, 11) is 0. The van der Waals surface area contributed by atoms with Crippen LogP contribution in [0.15, 0.2) is 42.6 Å². The maximum absolute atomic E-state index is 12.5. The van der Waals surface area contributed by atoms with E-state index in [9.17, 15) is 13.6 Å². The lowest BCUT2D eigenvalue weighted by atomic mass is 10.2. The summed E-state index contributed by atoms with van der Waals surface area (Å²) in [6.07, 6.45) is 4.69. The summed E-state index contributed by atoms with van der Waals surface area (Å²) >= 11 is 0. The number of carbonyl (C=O) groups is 1. The molecular formula is C22H25F2N3O4. The maximum atomic E-state index is 12.5. The van der Waals surface area contributed by atoms with Gasteiger partial charge in [-0.3, -0.25) is 4.79 Å². The van der Waals surface area contributed by atoms with Crippen molar-refractivity contribution in [2.75, 3.05) is 37.8 Å². The maximum Gasteiger partial charge on any atom is 0.387 e. The molecule has 1 N–H and O–H groups in total. The number of nitrogens with zero attached hydrogens (tertiary/aromatic N) is 2. The van der Waals surface area contributed by atoms with Crippen molar-refractivity contribution >= 4 is 17.8 Å². The molecule has 0 saturated carbocycles. The van der Waals surface area contributed by atoms with E-state index in [1.54, 1.807) is 31.3 Å². The summed E-state index contributed by atoms with van der Waals surface area (Å²) in [6, 6.07) is 8.26. The van der Waals surface area contributed by atoms with Crippen LogP contribution in [-0.2, 0) is 16.1 Å². The second-order valence-electron chi connectivity index (χ2n) is 6.65. The van der Waals surface area contributed by atoms with Gasteiger partial charge in [-0.15, -0.1) is 0 Å². The molecule has 0 unspecified atom stereocenters. The van der Waals surface area contributed by atoms with Gasteiger partial charge in [0.1, 0.15) is 5.82 Å². The third kappa shape index (κ3) is 6.65. The third-order valence-corrected chi connectivity index (χ3v) is 4.54. The predicted molar refractivity (Wildman–Crippen MR) is 112 cm³/mol. The standard InChI is InChI=1S/C22H25F2N3O4/c1-2-30-19-14-16(5-7-18(19)31-22(23)24)6-8-20(28)26-15-17-4-3-9-25-21(17)27-10-12-29-13-11-27/h3-9,14,22H,2,10-13,15H2,1H3,(H,26,28)/b8-6+. The van der Waals surface area contributed by atoms with Gasteiger partial charge in [-0.1, -0.05) is 12.1 Å². The smallest absolute Gasteiger partial charge is 0.387 e. The SMILES string of the molecule is CCOc1cc(/C=C/C(=O)NCc2cccnc2N2CCOCC2)ccc1OC(F)F. The number of halogens is 2. The number of anilines is 1. The molecule has 0 aliphatic carbocycles. The molecule has 2 heterocycles. The molecule has 0 atom stereocenters. The summed E-state index contributed by atoms with van der Waals surface area (Å²) in [4.78, 5) is 18.9. The van der Waals surface area contributed by atoms with Gasteiger partial charge >= 0.3 is 6.61 Å². The normalized spacial score (nSPS) is 14.1. The molecule has 1 saturated heterocycles. The fourth-order valence-electron chi connectivity index (χ4n) is 3.13. The molecule has 0 spiro atoms. The van der Waals surface area contributed by atoms with Crippen molar-refractivity contribution < 1.29 is 27.8 Å². The molecule has 9 heteroatoms. The highest BCUT2D eigenvalue weighted by Crippen LogP contribution is 2.30. The van der Waals surface area contributed by atoms with Crippen molar-refractivity contribution in [1.29, 1.82) is 0 Å². The summed E-state index contributed by atoms with van der Waals surface area (Å²) < 4.78 is 40.2. The number of hydrogen-bond donors (Lipinski definition) is 1. The molecule has 2 aromatic rings. The Balaban J connectivity index is 1.62. The van der Waals surface area contributed by atoms with Crippen LogP contribution in [0.25, 0.3) is 6.08 Å². The number of carbonyl (C=O) groups excluding carboxylic acids is 1. The van der Waals surface area contributed by atoms with Gasteiger partial charge < -0.3 is 24.4 Å². The Morgan fingerprint density at radius 3 is 2.84 bits per heavy atom. The van der Waals surface area contributed by atoms with Crippen molar-refractivity contribution in [2.45, 2.75) is 20.1 Å². The first-order valence-electron chi connectivity index (χ1n) is 10.0. The quantitative estimate of drug-likeness (QED) is 0.612. The second kappa shape index (κ2) is 11.3. The number of amides is 1. The predicted octanol–water partition coefficient (Wildman–Crippen LogP) is 3.25. The number of pyridine rings is 1. The second-order valence-corrected chi connectivity index (χ2v) is 6.65. The molecule has 1 aromatic carbocycles. The van der Waals surface area contributed by atoms with Crippen molar-refractivity contribution in [3.05, 3.63) is 53.7 Å². The van der Waals surface area contributed by atoms with Gasteiger partial charge in [0.05, 0.1) is 19.8 Å². The fourth-order valence-corrected chi connectivity index (χ4v) is 3.13. The van der Waals surface area contributed by atoms with Crippen LogP contribution in [0, 0.1) is 0 Å². The zero-order valence-corrected chi connectivity index (χ0v) is 17.2. The van der Waals surface area contributed by atoms with Gasteiger partial charge in [-0.2, -0.15) is 8.78 Å². The van der Waals surface area contributed by atoms with E-state index in [1.807, 2.05) is 12.1 Å². The first-order valence-corrected chi connectivity index (χ1v) is 10.0. The molecule has 1 fully saturated rings. The summed E-state index contributed by atoms with van der Waals surface area (Å²) in [5, 5.41) is 2.85. The Morgan fingerprint density at radius 2 is 2.10 bits per heavy atom. The number of rotatable bonds is 9. The molecule has 0 radical (unpaired) electrons. The van der Waals surface area contributed by atoms with E-state index >= 15 is 0 Å². The molecular weight excluding hydrogens is 408 g/mol. The van der Waals surface area contributed by atoms with E-state index in [0.717, 1.165) is 24.5 Å². The number of hydrogen-bond acceptors (Lipinski definition) is 6. The van der Waals surface area contributed by atoms with Crippen LogP contribution >= 0.6 is 0 Å². The van der Waals surface area contributed by atoms with Crippen LogP contribution in [0.5, 0.6) is 11.5 Å². The van der Waals surface area contributed by atoms with Crippen LogP contribution < -0.4 is 19.7 Å². The minimum Gasteiger partial charge on any atom is -0.490 e. The minimum atomic E-state index is -2.94. The number of alkyl halides is 2. The van der Waals surface area contributed by atoms with Crippen molar-refractivity contribution in [3.63, 3.8) is 0 Å².